The van der Waals surface area contributed by atoms with Crippen molar-refractivity contribution in [2.24, 2.45) is 0 Å². The molecule has 0 N–H and O–H groups in total. The smallest absolute Gasteiger partial charge is 0.280 e. The maximum atomic E-state index is 11.3. The van der Waals surface area contributed by atoms with Gasteiger partial charge < -0.3 is 4.57 Å². The summed E-state index contributed by atoms with van der Waals surface area (Å²) in [5.41, 5.74) is 0.821. The number of nitrogens with zero attached hydrogens (tertiary/aromatic N) is 2. The minimum Gasteiger partial charge on any atom is -0.329 e. The van der Waals surface area contributed by atoms with E-state index < -0.39 is 9.05 Å². The number of imidazole rings is 1. The summed E-state index contributed by atoms with van der Waals surface area (Å²) in [6.45, 7) is 2.28. The predicted molar refractivity (Wildman–Crippen MR) is 80.2 cm³/mol. The SMILES string of the molecule is CCc1nc(S(=O)(=O)Cl)cn1Cc1ccc(Cl)cc1Cl. The van der Waals surface area contributed by atoms with Crippen LogP contribution in [0.4, 0.5) is 0 Å². The standard InChI is InChI=1S/C12H11Cl3N2O2S/c1-2-11-16-12(20(15,18)19)7-17(11)6-8-3-4-9(13)5-10(8)14/h3-5,7H,2,6H2,1H3. The number of hydrogen-bond acceptors (Lipinski definition) is 3. The van der Waals surface area contributed by atoms with Gasteiger partial charge in [-0.3, -0.25) is 0 Å². The van der Waals surface area contributed by atoms with Crippen LogP contribution in [0.2, 0.25) is 10.0 Å². The highest BCUT2D eigenvalue weighted by molar-refractivity contribution is 8.13. The molecule has 20 heavy (non-hydrogen) atoms. The molecule has 1 aromatic carbocycles. The molecule has 0 aliphatic heterocycles. The van der Waals surface area contributed by atoms with Crippen molar-refractivity contribution < 1.29 is 8.42 Å². The molecular weight excluding hydrogens is 343 g/mol. The second-order valence-electron chi connectivity index (χ2n) is 4.15. The molecule has 1 aromatic heterocycles. The summed E-state index contributed by atoms with van der Waals surface area (Å²) in [6.07, 6.45) is 1.99. The Hall–Kier alpha value is -0.750. The molecule has 0 radical (unpaired) electrons. The fourth-order valence-electron chi connectivity index (χ4n) is 1.80. The van der Waals surface area contributed by atoms with Crippen molar-refractivity contribution in [3.63, 3.8) is 0 Å². The Balaban J connectivity index is 2.40. The van der Waals surface area contributed by atoms with Crippen LogP contribution < -0.4 is 0 Å². The third kappa shape index (κ3) is 3.47. The van der Waals surface area contributed by atoms with Gasteiger partial charge in [0.2, 0.25) is 0 Å². The molecule has 0 spiro atoms. The average molecular weight is 354 g/mol. The van der Waals surface area contributed by atoms with Crippen LogP contribution in [-0.4, -0.2) is 18.0 Å². The predicted octanol–water partition coefficient (Wildman–Crippen LogP) is 3.73. The molecule has 0 unspecified atom stereocenters. The summed E-state index contributed by atoms with van der Waals surface area (Å²) in [4.78, 5) is 4.02. The van der Waals surface area contributed by atoms with E-state index in [1.165, 1.54) is 6.20 Å². The number of benzene rings is 1. The lowest BCUT2D eigenvalue weighted by Crippen LogP contribution is -2.03. The third-order valence-corrected chi connectivity index (χ3v) is 4.52. The van der Waals surface area contributed by atoms with Crippen molar-refractivity contribution in [1.82, 2.24) is 9.55 Å². The molecule has 0 fully saturated rings. The van der Waals surface area contributed by atoms with Crippen LogP contribution in [0, 0.1) is 0 Å². The maximum absolute atomic E-state index is 11.3. The molecule has 2 aromatic rings. The molecule has 0 aliphatic rings. The van der Waals surface area contributed by atoms with E-state index in [2.05, 4.69) is 4.98 Å². The topological polar surface area (TPSA) is 52.0 Å². The van der Waals surface area contributed by atoms with Crippen LogP contribution in [0.25, 0.3) is 0 Å². The Morgan fingerprint density at radius 3 is 2.55 bits per heavy atom. The van der Waals surface area contributed by atoms with Gasteiger partial charge in [-0.1, -0.05) is 36.2 Å². The molecule has 2 rings (SSSR count). The summed E-state index contributed by atoms with van der Waals surface area (Å²) in [5, 5.41) is 0.911. The van der Waals surface area contributed by atoms with Crippen LogP contribution >= 0.6 is 33.9 Å². The van der Waals surface area contributed by atoms with Crippen molar-refractivity contribution in [3.05, 3.63) is 45.8 Å². The lowest BCUT2D eigenvalue weighted by molar-refractivity contribution is 0.606. The van der Waals surface area contributed by atoms with E-state index in [1.54, 1.807) is 22.8 Å². The first kappa shape index (κ1) is 15.6. The number of aryl methyl sites for hydroxylation is 1. The van der Waals surface area contributed by atoms with Crippen LogP contribution in [0.5, 0.6) is 0 Å². The van der Waals surface area contributed by atoms with E-state index >= 15 is 0 Å². The molecule has 108 valence electrons. The highest BCUT2D eigenvalue weighted by Gasteiger charge is 2.17. The molecule has 4 nitrogen and oxygen atoms in total. The second kappa shape index (κ2) is 5.93. The van der Waals surface area contributed by atoms with Crippen LogP contribution in [0.3, 0.4) is 0 Å². The molecule has 0 aliphatic carbocycles. The molecule has 8 heteroatoms. The zero-order valence-corrected chi connectivity index (χ0v) is 13.6. The lowest BCUT2D eigenvalue weighted by Gasteiger charge is -2.08. The van der Waals surface area contributed by atoms with Gasteiger partial charge in [0.25, 0.3) is 9.05 Å². The second-order valence-corrected chi connectivity index (χ2v) is 7.51. The van der Waals surface area contributed by atoms with Gasteiger partial charge in [-0.25, -0.2) is 13.4 Å². The third-order valence-electron chi connectivity index (χ3n) is 2.76. The summed E-state index contributed by atoms with van der Waals surface area (Å²) >= 11 is 12.0. The van der Waals surface area contributed by atoms with Crippen molar-refractivity contribution >= 4 is 42.9 Å². The first-order chi connectivity index (χ1) is 9.31. The highest BCUT2D eigenvalue weighted by Crippen LogP contribution is 2.23. The molecule has 0 atom stereocenters. The average Bonchev–Trinajstić information content (AvgIpc) is 2.75. The van der Waals surface area contributed by atoms with Gasteiger partial charge in [0, 0.05) is 33.3 Å². The van der Waals surface area contributed by atoms with Crippen molar-refractivity contribution in [2.45, 2.75) is 24.9 Å². The van der Waals surface area contributed by atoms with Gasteiger partial charge in [0.05, 0.1) is 6.54 Å². The van der Waals surface area contributed by atoms with Gasteiger partial charge in [-0.15, -0.1) is 0 Å². The molecule has 0 bridgehead atoms. The van der Waals surface area contributed by atoms with Gasteiger partial charge in [-0.2, -0.15) is 0 Å². The summed E-state index contributed by atoms with van der Waals surface area (Å²) in [7, 11) is 1.47. The van der Waals surface area contributed by atoms with E-state index in [-0.39, 0.29) is 5.03 Å². The Morgan fingerprint density at radius 1 is 1.30 bits per heavy atom. The number of rotatable bonds is 4. The monoisotopic (exact) mass is 352 g/mol. The molecule has 0 saturated heterocycles. The van der Waals surface area contributed by atoms with Crippen LogP contribution in [0.1, 0.15) is 18.3 Å². The van der Waals surface area contributed by atoms with Gasteiger partial charge in [0.15, 0.2) is 5.03 Å². The Kier molecular flexibility index (Phi) is 4.64. The van der Waals surface area contributed by atoms with Gasteiger partial charge in [-0.05, 0) is 17.7 Å². The van der Waals surface area contributed by atoms with E-state index in [0.29, 0.717) is 28.8 Å². The molecule has 0 amide bonds. The first-order valence-electron chi connectivity index (χ1n) is 5.76. The largest absolute Gasteiger partial charge is 0.329 e. The van der Waals surface area contributed by atoms with E-state index in [1.807, 2.05) is 6.92 Å². The molecule has 0 saturated carbocycles. The van der Waals surface area contributed by atoms with E-state index in [4.69, 9.17) is 33.9 Å². The number of aromatic nitrogens is 2. The van der Waals surface area contributed by atoms with Gasteiger partial charge in [0.1, 0.15) is 5.82 Å². The van der Waals surface area contributed by atoms with Crippen molar-refractivity contribution in [1.29, 1.82) is 0 Å². The molecule has 1 heterocycles. The zero-order valence-electron chi connectivity index (χ0n) is 10.5. The Morgan fingerprint density at radius 2 is 2.00 bits per heavy atom. The van der Waals surface area contributed by atoms with Crippen molar-refractivity contribution in [2.75, 3.05) is 0 Å². The minimum absolute atomic E-state index is 0.152. The van der Waals surface area contributed by atoms with Crippen LogP contribution in [-0.2, 0) is 22.0 Å². The number of hydrogen-bond donors (Lipinski definition) is 0. The zero-order chi connectivity index (χ0) is 14.9. The highest BCUT2D eigenvalue weighted by atomic mass is 35.7. The number of halogens is 3. The normalized spacial score (nSPS) is 11.8. The summed E-state index contributed by atoms with van der Waals surface area (Å²) in [5.74, 6) is 0.621. The van der Waals surface area contributed by atoms with Gasteiger partial charge >= 0.3 is 0 Å². The first-order valence-corrected chi connectivity index (χ1v) is 8.82. The Bertz CT molecular complexity index is 741. The molecular formula is C12H11Cl3N2O2S. The van der Waals surface area contributed by atoms with E-state index in [9.17, 15) is 8.42 Å². The maximum Gasteiger partial charge on any atom is 0.280 e. The quantitative estimate of drug-likeness (QED) is 0.787. The summed E-state index contributed by atoms with van der Waals surface area (Å²) in [6, 6.07) is 5.16. The fourth-order valence-corrected chi connectivity index (χ4v) is 2.96. The van der Waals surface area contributed by atoms with Crippen molar-refractivity contribution in [3.8, 4) is 0 Å². The summed E-state index contributed by atoms with van der Waals surface area (Å²) < 4.78 is 24.4. The minimum atomic E-state index is -3.84. The Labute approximate surface area is 131 Å². The fraction of sp³-hybridized carbons (Fsp3) is 0.250. The van der Waals surface area contributed by atoms with Crippen LogP contribution in [0.15, 0.2) is 29.4 Å². The lowest BCUT2D eigenvalue weighted by atomic mass is 10.2. The van der Waals surface area contributed by atoms with E-state index in [0.717, 1.165) is 5.56 Å².